The highest BCUT2D eigenvalue weighted by Gasteiger charge is 2.37. The Labute approximate surface area is 108 Å². The van der Waals surface area contributed by atoms with E-state index in [9.17, 15) is 9.59 Å². The maximum atomic E-state index is 11.9. The minimum absolute atomic E-state index is 0.0329. The number of nitrogens with one attached hydrogen (secondary N) is 1. The first-order valence-electron chi connectivity index (χ1n) is 6.70. The monoisotopic (exact) mass is 256 g/mol. The molecule has 1 fully saturated rings. The van der Waals surface area contributed by atoms with Crippen molar-refractivity contribution in [2.45, 2.75) is 57.4 Å². The Morgan fingerprint density at radius 1 is 1.39 bits per heavy atom. The summed E-state index contributed by atoms with van der Waals surface area (Å²) in [5, 5.41) is 11.9. The lowest BCUT2D eigenvalue weighted by atomic mass is 9.92. The van der Waals surface area contributed by atoms with E-state index < -0.39 is 11.5 Å². The maximum Gasteiger partial charge on any atom is 0.305 e. The van der Waals surface area contributed by atoms with Crippen LogP contribution in [0.2, 0.25) is 0 Å². The summed E-state index contributed by atoms with van der Waals surface area (Å²) in [7, 11) is 0. The van der Waals surface area contributed by atoms with Gasteiger partial charge in [0, 0.05) is 6.42 Å². The van der Waals surface area contributed by atoms with Crippen molar-refractivity contribution in [2.24, 2.45) is 11.7 Å². The van der Waals surface area contributed by atoms with Crippen molar-refractivity contribution < 1.29 is 14.7 Å². The highest BCUT2D eigenvalue weighted by atomic mass is 16.4. The van der Waals surface area contributed by atoms with Crippen molar-refractivity contribution >= 4 is 11.9 Å². The topological polar surface area (TPSA) is 92.4 Å². The number of rotatable bonds is 7. The van der Waals surface area contributed by atoms with Crippen LogP contribution in [0.1, 0.15) is 51.9 Å². The summed E-state index contributed by atoms with van der Waals surface area (Å²) in [6.07, 6.45) is 4.75. The third kappa shape index (κ3) is 4.64. The molecular weight excluding hydrogens is 232 g/mol. The Balaban J connectivity index is 2.46. The predicted octanol–water partition coefficient (Wildman–Crippen LogP) is 1.27. The molecule has 104 valence electrons. The fourth-order valence-corrected chi connectivity index (χ4v) is 2.54. The SMILES string of the molecule is CC(CN)CCC(=O)NC1(CC(=O)O)CCCC1. The van der Waals surface area contributed by atoms with Gasteiger partial charge in [-0.3, -0.25) is 9.59 Å². The maximum absolute atomic E-state index is 11.9. The minimum atomic E-state index is -0.840. The number of hydrogen-bond donors (Lipinski definition) is 3. The van der Waals surface area contributed by atoms with Crippen LogP contribution in [0.25, 0.3) is 0 Å². The smallest absolute Gasteiger partial charge is 0.305 e. The second kappa shape index (κ2) is 6.73. The molecule has 0 heterocycles. The number of carbonyl (C=O) groups is 2. The third-order valence-electron chi connectivity index (χ3n) is 3.72. The zero-order valence-corrected chi connectivity index (χ0v) is 11.1. The zero-order valence-electron chi connectivity index (χ0n) is 11.1. The van der Waals surface area contributed by atoms with Gasteiger partial charge in [-0.15, -0.1) is 0 Å². The molecule has 1 amide bonds. The first-order valence-corrected chi connectivity index (χ1v) is 6.70. The number of carboxylic acids is 1. The molecule has 1 aliphatic carbocycles. The second-order valence-electron chi connectivity index (χ2n) is 5.49. The van der Waals surface area contributed by atoms with Gasteiger partial charge < -0.3 is 16.2 Å². The summed E-state index contributed by atoms with van der Waals surface area (Å²) in [4.78, 5) is 22.7. The van der Waals surface area contributed by atoms with Gasteiger partial charge in [-0.25, -0.2) is 0 Å². The van der Waals surface area contributed by atoms with Gasteiger partial charge in [0.15, 0.2) is 0 Å². The first kappa shape index (κ1) is 15.0. The molecule has 0 aromatic carbocycles. The van der Waals surface area contributed by atoms with Crippen molar-refractivity contribution in [3.05, 3.63) is 0 Å². The molecule has 4 N–H and O–H groups in total. The van der Waals surface area contributed by atoms with Crippen molar-refractivity contribution in [3.8, 4) is 0 Å². The Morgan fingerprint density at radius 2 is 2.00 bits per heavy atom. The molecular formula is C13H24N2O3. The van der Waals surface area contributed by atoms with Crippen molar-refractivity contribution in [1.82, 2.24) is 5.32 Å². The Kier molecular flexibility index (Phi) is 5.59. The molecule has 1 aliphatic rings. The Bertz CT molecular complexity index is 299. The van der Waals surface area contributed by atoms with Gasteiger partial charge in [-0.2, -0.15) is 0 Å². The number of carbonyl (C=O) groups excluding carboxylic acids is 1. The lowest BCUT2D eigenvalue weighted by molar-refractivity contribution is -0.139. The molecule has 0 aromatic rings. The summed E-state index contributed by atoms with van der Waals surface area (Å²) >= 11 is 0. The molecule has 1 unspecified atom stereocenters. The molecule has 0 saturated heterocycles. The van der Waals surface area contributed by atoms with E-state index in [-0.39, 0.29) is 12.3 Å². The van der Waals surface area contributed by atoms with Crippen LogP contribution in [0.4, 0.5) is 0 Å². The van der Waals surface area contributed by atoms with E-state index in [0.29, 0.717) is 18.9 Å². The number of nitrogens with two attached hydrogens (primary N) is 1. The van der Waals surface area contributed by atoms with Gasteiger partial charge in [-0.1, -0.05) is 19.8 Å². The molecule has 5 heteroatoms. The lowest BCUT2D eigenvalue weighted by Crippen LogP contribution is -2.47. The average molecular weight is 256 g/mol. The van der Waals surface area contributed by atoms with E-state index in [1.807, 2.05) is 6.92 Å². The highest BCUT2D eigenvalue weighted by molar-refractivity contribution is 5.78. The second-order valence-corrected chi connectivity index (χ2v) is 5.49. The number of amides is 1. The molecule has 0 aliphatic heterocycles. The number of hydrogen-bond acceptors (Lipinski definition) is 3. The fourth-order valence-electron chi connectivity index (χ4n) is 2.54. The average Bonchev–Trinajstić information content (AvgIpc) is 2.73. The summed E-state index contributed by atoms with van der Waals surface area (Å²) in [6, 6.07) is 0. The van der Waals surface area contributed by atoms with Crippen LogP contribution >= 0.6 is 0 Å². The molecule has 5 nitrogen and oxygen atoms in total. The minimum Gasteiger partial charge on any atom is -0.481 e. The summed E-state index contributed by atoms with van der Waals surface area (Å²) in [5.41, 5.74) is 5.00. The van der Waals surface area contributed by atoms with E-state index in [1.165, 1.54) is 0 Å². The predicted molar refractivity (Wildman–Crippen MR) is 69.0 cm³/mol. The van der Waals surface area contributed by atoms with Crippen LogP contribution in [0, 0.1) is 5.92 Å². The number of carboxylic acid groups (broad SMARTS) is 1. The normalized spacial score (nSPS) is 19.4. The van der Waals surface area contributed by atoms with Crippen LogP contribution < -0.4 is 11.1 Å². The molecule has 0 bridgehead atoms. The van der Waals surface area contributed by atoms with E-state index in [4.69, 9.17) is 10.8 Å². The van der Waals surface area contributed by atoms with Crippen molar-refractivity contribution in [3.63, 3.8) is 0 Å². The Hall–Kier alpha value is -1.10. The van der Waals surface area contributed by atoms with E-state index in [0.717, 1.165) is 32.1 Å². The highest BCUT2D eigenvalue weighted by Crippen LogP contribution is 2.32. The molecule has 0 radical (unpaired) electrons. The summed E-state index contributed by atoms with van der Waals surface area (Å²) < 4.78 is 0. The Morgan fingerprint density at radius 3 is 2.50 bits per heavy atom. The largest absolute Gasteiger partial charge is 0.481 e. The van der Waals surface area contributed by atoms with E-state index >= 15 is 0 Å². The van der Waals surface area contributed by atoms with Gasteiger partial charge in [0.25, 0.3) is 0 Å². The van der Waals surface area contributed by atoms with Crippen LogP contribution in [0.3, 0.4) is 0 Å². The van der Waals surface area contributed by atoms with Crippen molar-refractivity contribution in [1.29, 1.82) is 0 Å². The van der Waals surface area contributed by atoms with Crippen molar-refractivity contribution in [2.75, 3.05) is 6.54 Å². The van der Waals surface area contributed by atoms with Crippen LogP contribution in [0.5, 0.6) is 0 Å². The van der Waals surface area contributed by atoms with E-state index in [1.54, 1.807) is 0 Å². The lowest BCUT2D eigenvalue weighted by Gasteiger charge is -2.28. The quantitative estimate of drug-likeness (QED) is 0.639. The molecule has 1 saturated carbocycles. The summed E-state index contributed by atoms with van der Waals surface area (Å²) in [5.74, 6) is -0.555. The van der Waals surface area contributed by atoms with Crippen LogP contribution in [0.15, 0.2) is 0 Å². The first-order chi connectivity index (χ1) is 8.47. The van der Waals surface area contributed by atoms with Crippen LogP contribution in [-0.4, -0.2) is 29.1 Å². The molecule has 0 aromatic heterocycles. The van der Waals surface area contributed by atoms with E-state index in [2.05, 4.69) is 5.32 Å². The summed E-state index contributed by atoms with van der Waals surface area (Å²) in [6.45, 7) is 2.59. The van der Waals surface area contributed by atoms with Gasteiger partial charge in [0.2, 0.25) is 5.91 Å². The van der Waals surface area contributed by atoms with Crippen LogP contribution in [-0.2, 0) is 9.59 Å². The zero-order chi connectivity index (χ0) is 13.6. The molecule has 1 rings (SSSR count). The third-order valence-corrected chi connectivity index (χ3v) is 3.72. The van der Waals surface area contributed by atoms with Gasteiger partial charge >= 0.3 is 5.97 Å². The fraction of sp³-hybridized carbons (Fsp3) is 0.846. The van der Waals surface area contributed by atoms with Gasteiger partial charge in [0.05, 0.1) is 12.0 Å². The van der Waals surface area contributed by atoms with Gasteiger partial charge in [-0.05, 0) is 31.7 Å². The van der Waals surface area contributed by atoms with Gasteiger partial charge in [0.1, 0.15) is 0 Å². The number of aliphatic carboxylic acids is 1. The molecule has 0 spiro atoms. The standard InChI is InChI=1S/C13H24N2O3/c1-10(9-14)4-5-11(16)15-13(8-12(17)18)6-2-3-7-13/h10H,2-9,14H2,1H3,(H,15,16)(H,17,18). The molecule has 1 atom stereocenters. The molecule has 18 heavy (non-hydrogen) atoms.